The summed E-state index contributed by atoms with van der Waals surface area (Å²) in [5.41, 5.74) is 0. The Balaban J connectivity index is 1.95. The molecule has 1 aromatic carbocycles. The highest BCUT2D eigenvalue weighted by atomic mass is 32.2. The Hall–Kier alpha value is -1.21. The molecule has 7 heteroatoms. The lowest BCUT2D eigenvalue weighted by molar-refractivity contribution is -0.128. The first kappa shape index (κ1) is 16.2. The summed E-state index contributed by atoms with van der Waals surface area (Å²) in [4.78, 5) is 13.8. The molecule has 21 heavy (non-hydrogen) atoms. The molecule has 0 spiro atoms. The van der Waals surface area contributed by atoms with Crippen LogP contribution in [-0.4, -0.2) is 58.4 Å². The molecule has 0 radical (unpaired) electrons. The van der Waals surface area contributed by atoms with Crippen LogP contribution in [0.2, 0.25) is 0 Å². The molecule has 1 heterocycles. The summed E-state index contributed by atoms with van der Waals surface area (Å²) in [7, 11) is 0.483. The first-order valence-electron chi connectivity index (χ1n) is 6.58. The van der Waals surface area contributed by atoms with Crippen LogP contribution in [0.3, 0.4) is 0 Å². The van der Waals surface area contributed by atoms with Crippen LogP contribution < -0.4 is 9.47 Å². The van der Waals surface area contributed by atoms with Crippen LogP contribution in [-0.2, 0) is 15.6 Å². The maximum Gasteiger partial charge on any atom is 0.236 e. The summed E-state index contributed by atoms with van der Waals surface area (Å²) in [6.45, 7) is 1.08. The van der Waals surface area contributed by atoms with E-state index in [2.05, 4.69) is 0 Å². The second kappa shape index (κ2) is 7.70. The SMILES string of the molecule is COc1ccccc1OC[C@H]1SCCN1C(=O)CS(C)=O. The minimum absolute atomic E-state index is 0.0361. The molecule has 1 amide bonds. The number of nitrogens with zero attached hydrogens (tertiary/aromatic N) is 1. The number of carbonyl (C=O) groups excluding carboxylic acids is 1. The third-order valence-electron chi connectivity index (χ3n) is 3.09. The van der Waals surface area contributed by atoms with Gasteiger partial charge in [0.1, 0.15) is 17.7 Å². The van der Waals surface area contributed by atoms with Crippen LogP contribution in [0.25, 0.3) is 0 Å². The molecular weight excluding hydrogens is 310 g/mol. The van der Waals surface area contributed by atoms with Gasteiger partial charge in [-0.15, -0.1) is 11.8 Å². The maximum atomic E-state index is 12.0. The van der Waals surface area contributed by atoms with Crippen LogP contribution >= 0.6 is 11.8 Å². The molecule has 2 atom stereocenters. The van der Waals surface area contributed by atoms with Crippen molar-refractivity contribution in [2.45, 2.75) is 5.37 Å². The van der Waals surface area contributed by atoms with Gasteiger partial charge in [-0.1, -0.05) is 12.1 Å². The maximum absolute atomic E-state index is 12.0. The largest absolute Gasteiger partial charge is 0.493 e. The number of methoxy groups -OCH3 is 1. The molecule has 1 saturated heterocycles. The fraction of sp³-hybridized carbons (Fsp3) is 0.500. The smallest absolute Gasteiger partial charge is 0.236 e. The number of para-hydroxylation sites is 2. The summed E-state index contributed by atoms with van der Waals surface area (Å²) >= 11 is 1.68. The molecule has 1 fully saturated rings. The molecule has 0 saturated carbocycles. The van der Waals surface area contributed by atoms with E-state index in [1.165, 1.54) is 0 Å². The van der Waals surface area contributed by atoms with Crippen molar-refractivity contribution in [2.24, 2.45) is 0 Å². The number of thioether (sulfide) groups is 1. The van der Waals surface area contributed by atoms with E-state index in [-0.39, 0.29) is 17.0 Å². The van der Waals surface area contributed by atoms with Crippen LogP contribution in [0.4, 0.5) is 0 Å². The van der Waals surface area contributed by atoms with Crippen LogP contribution in [0, 0.1) is 0 Å². The van der Waals surface area contributed by atoms with E-state index >= 15 is 0 Å². The van der Waals surface area contributed by atoms with Gasteiger partial charge in [-0.2, -0.15) is 0 Å². The van der Waals surface area contributed by atoms with Crippen LogP contribution in [0.5, 0.6) is 11.5 Å². The van der Waals surface area contributed by atoms with Crippen LogP contribution in [0.15, 0.2) is 24.3 Å². The minimum Gasteiger partial charge on any atom is -0.493 e. The number of hydrogen-bond donors (Lipinski definition) is 0. The predicted molar refractivity (Wildman–Crippen MR) is 85.4 cm³/mol. The van der Waals surface area contributed by atoms with E-state index in [0.29, 0.717) is 24.7 Å². The van der Waals surface area contributed by atoms with Crippen molar-refractivity contribution in [3.63, 3.8) is 0 Å². The lowest BCUT2D eigenvalue weighted by atomic mass is 10.3. The fourth-order valence-electron chi connectivity index (χ4n) is 2.10. The van der Waals surface area contributed by atoms with Gasteiger partial charge in [0.25, 0.3) is 0 Å². The van der Waals surface area contributed by atoms with Crippen molar-refractivity contribution in [1.82, 2.24) is 4.90 Å². The molecule has 0 aliphatic carbocycles. The summed E-state index contributed by atoms with van der Waals surface area (Å²) in [6, 6.07) is 7.43. The molecule has 1 aromatic rings. The number of amides is 1. The Morgan fingerprint density at radius 3 is 2.81 bits per heavy atom. The van der Waals surface area contributed by atoms with Gasteiger partial charge in [0, 0.05) is 29.4 Å². The van der Waals surface area contributed by atoms with Gasteiger partial charge in [0.15, 0.2) is 11.5 Å². The molecule has 0 bridgehead atoms. The molecule has 0 aromatic heterocycles. The second-order valence-electron chi connectivity index (χ2n) is 4.59. The van der Waals surface area contributed by atoms with Gasteiger partial charge in [0.05, 0.1) is 7.11 Å². The van der Waals surface area contributed by atoms with Crippen molar-refractivity contribution in [3.8, 4) is 11.5 Å². The Kier molecular flexibility index (Phi) is 5.93. The van der Waals surface area contributed by atoms with Gasteiger partial charge in [-0.25, -0.2) is 0 Å². The first-order chi connectivity index (χ1) is 10.1. The second-order valence-corrected chi connectivity index (χ2v) is 7.31. The fourth-order valence-corrected chi connectivity index (χ4v) is 3.76. The lowest BCUT2D eigenvalue weighted by Crippen LogP contribution is -2.40. The summed E-state index contributed by atoms with van der Waals surface area (Å²) in [6.07, 6.45) is 1.54. The van der Waals surface area contributed by atoms with Crippen molar-refractivity contribution in [3.05, 3.63) is 24.3 Å². The van der Waals surface area contributed by atoms with E-state index in [4.69, 9.17) is 9.47 Å². The highest BCUT2D eigenvalue weighted by Crippen LogP contribution is 2.29. The Morgan fingerprint density at radius 2 is 2.14 bits per heavy atom. The number of hydrogen-bond acceptors (Lipinski definition) is 5. The zero-order valence-electron chi connectivity index (χ0n) is 12.1. The Labute approximate surface area is 131 Å². The van der Waals surface area contributed by atoms with E-state index in [1.54, 1.807) is 30.0 Å². The molecule has 2 rings (SSSR count). The van der Waals surface area contributed by atoms with Crippen molar-refractivity contribution in [1.29, 1.82) is 0 Å². The third kappa shape index (κ3) is 4.38. The first-order valence-corrected chi connectivity index (χ1v) is 9.36. The summed E-state index contributed by atoms with van der Waals surface area (Å²) < 4.78 is 22.2. The Morgan fingerprint density at radius 1 is 1.43 bits per heavy atom. The zero-order chi connectivity index (χ0) is 15.2. The van der Waals surface area contributed by atoms with Gasteiger partial charge in [-0.05, 0) is 12.1 Å². The highest BCUT2D eigenvalue weighted by Gasteiger charge is 2.30. The quantitative estimate of drug-likeness (QED) is 0.789. The minimum atomic E-state index is -1.11. The standard InChI is InChI=1S/C14H19NO4S2/c1-18-11-5-3-4-6-12(11)19-9-14-15(7-8-20-14)13(16)10-21(2)17/h3-6,14H,7-10H2,1-2H3/t14-,21?/m1/s1. The molecule has 1 aliphatic rings. The van der Waals surface area contributed by atoms with Crippen molar-refractivity contribution in [2.75, 3.05) is 38.0 Å². The van der Waals surface area contributed by atoms with Gasteiger partial charge < -0.3 is 14.4 Å². The molecule has 1 aliphatic heterocycles. The average Bonchev–Trinajstić information content (AvgIpc) is 2.93. The van der Waals surface area contributed by atoms with Crippen molar-refractivity contribution < 1.29 is 18.5 Å². The van der Waals surface area contributed by atoms with Crippen LogP contribution in [0.1, 0.15) is 0 Å². The monoisotopic (exact) mass is 329 g/mol. The van der Waals surface area contributed by atoms with E-state index < -0.39 is 10.8 Å². The molecule has 5 nitrogen and oxygen atoms in total. The van der Waals surface area contributed by atoms with E-state index in [1.807, 2.05) is 24.3 Å². The van der Waals surface area contributed by atoms with Gasteiger partial charge in [0.2, 0.25) is 5.91 Å². The zero-order valence-corrected chi connectivity index (χ0v) is 13.7. The molecule has 116 valence electrons. The van der Waals surface area contributed by atoms with Gasteiger partial charge in [-0.3, -0.25) is 9.00 Å². The lowest BCUT2D eigenvalue weighted by Gasteiger charge is -2.23. The number of ether oxygens (including phenoxy) is 2. The molecular formula is C14H19NO4S2. The molecule has 1 unspecified atom stereocenters. The van der Waals surface area contributed by atoms with Crippen molar-refractivity contribution >= 4 is 28.5 Å². The topological polar surface area (TPSA) is 55.8 Å². The average molecular weight is 329 g/mol. The highest BCUT2D eigenvalue weighted by molar-refractivity contribution is 8.00. The summed E-state index contributed by atoms with van der Waals surface area (Å²) in [5.74, 6) is 2.22. The van der Waals surface area contributed by atoms with Gasteiger partial charge >= 0.3 is 0 Å². The molecule has 0 N–H and O–H groups in total. The van der Waals surface area contributed by atoms with E-state index in [9.17, 15) is 9.00 Å². The normalized spacial score (nSPS) is 19.3. The Bertz CT molecular complexity index is 523. The number of carbonyl (C=O) groups is 1. The van der Waals surface area contributed by atoms with E-state index in [0.717, 1.165) is 5.75 Å². The number of benzene rings is 1. The summed E-state index contributed by atoms with van der Waals surface area (Å²) in [5, 5.41) is -0.0361. The number of rotatable bonds is 6. The third-order valence-corrected chi connectivity index (χ3v) is 4.93. The predicted octanol–water partition coefficient (Wildman–Crippen LogP) is 1.35.